The van der Waals surface area contributed by atoms with E-state index in [-0.39, 0.29) is 18.4 Å². The zero-order valence-corrected chi connectivity index (χ0v) is 12.4. The number of methoxy groups -OCH3 is 1. The second-order valence-corrected chi connectivity index (χ2v) is 6.89. The predicted octanol–water partition coefficient (Wildman–Crippen LogP) is 1.01. The molecule has 0 aliphatic rings. The molecule has 2 N–H and O–H groups in total. The van der Waals surface area contributed by atoms with Crippen LogP contribution in [-0.4, -0.2) is 40.2 Å². The summed E-state index contributed by atoms with van der Waals surface area (Å²) >= 11 is 0. The van der Waals surface area contributed by atoms with Crippen LogP contribution in [0.1, 0.15) is 12.5 Å². The smallest absolute Gasteiger partial charge is 0.150 e. The summed E-state index contributed by atoms with van der Waals surface area (Å²) in [5, 5.41) is 0. The largest absolute Gasteiger partial charge is 0.497 e. The van der Waals surface area contributed by atoms with Crippen molar-refractivity contribution in [2.24, 2.45) is 5.73 Å². The van der Waals surface area contributed by atoms with Crippen molar-refractivity contribution in [1.82, 2.24) is 0 Å². The molecule has 19 heavy (non-hydrogen) atoms. The summed E-state index contributed by atoms with van der Waals surface area (Å²) in [5.41, 5.74) is 6.71. The van der Waals surface area contributed by atoms with Crippen LogP contribution in [0.5, 0.6) is 11.5 Å². The van der Waals surface area contributed by atoms with Crippen molar-refractivity contribution >= 4 is 9.84 Å². The van der Waals surface area contributed by atoms with Gasteiger partial charge in [0.2, 0.25) is 0 Å². The highest BCUT2D eigenvalue weighted by Gasteiger charge is 2.09. The number of hydrogen-bond donors (Lipinski definition) is 1. The van der Waals surface area contributed by atoms with Crippen molar-refractivity contribution in [2.45, 2.75) is 19.4 Å². The van der Waals surface area contributed by atoms with Crippen LogP contribution in [-0.2, 0) is 16.3 Å². The van der Waals surface area contributed by atoms with Crippen LogP contribution in [0.4, 0.5) is 0 Å². The summed E-state index contributed by atoms with van der Waals surface area (Å²) in [4.78, 5) is 0. The lowest BCUT2D eigenvalue weighted by Gasteiger charge is -2.14. The number of nitrogens with two attached hydrogens (primary N) is 1. The van der Waals surface area contributed by atoms with Crippen molar-refractivity contribution in [3.8, 4) is 11.5 Å². The quantitative estimate of drug-likeness (QED) is 0.809. The SMILES string of the molecule is COc1ccc(OCCS(C)(=O)=O)c(CC(C)N)c1. The summed E-state index contributed by atoms with van der Waals surface area (Å²) in [6.45, 7) is 2.04. The van der Waals surface area contributed by atoms with Gasteiger partial charge in [-0.1, -0.05) is 0 Å². The molecule has 108 valence electrons. The molecule has 0 bridgehead atoms. The topological polar surface area (TPSA) is 78.6 Å². The molecule has 0 saturated heterocycles. The van der Waals surface area contributed by atoms with Gasteiger partial charge >= 0.3 is 0 Å². The van der Waals surface area contributed by atoms with Crippen LogP contribution < -0.4 is 15.2 Å². The van der Waals surface area contributed by atoms with Gasteiger partial charge in [-0.3, -0.25) is 0 Å². The van der Waals surface area contributed by atoms with Gasteiger partial charge in [0.05, 0.1) is 12.9 Å². The second-order valence-electron chi connectivity index (χ2n) is 4.63. The summed E-state index contributed by atoms with van der Waals surface area (Å²) in [5.74, 6) is 1.38. The number of sulfone groups is 1. The summed E-state index contributed by atoms with van der Waals surface area (Å²) in [6, 6.07) is 5.41. The fourth-order valence-electron chi connectivity index (χ4n) is 1.63. The monoisotopic (exact) mass is 287 g/mol. The maximum atomic E-state index is 11.1. The van der Waals surface area contributed by atoms with E-state index in [1.165, 1.54) is 6.26 Å². The molecule has 0 spiro atoms. The second kappa shape index (κ2) is 6.77. The highest BCUT2D eigenvalue weighted by atomic mass is 32.2. The normalized spacial score (nSPS) is 13.1. The van der Waals surface area contributed by atoms with E-state index in [0.717, 1.165) is 11.3 Å². The summed E-state index contributed by atoms with van der Waals surface area (Å²) in [7, 11) is -1.42. The van der Waals surface area contributed by atoms with E-state index in [4.69, 9.17) is 15.2 Å². The molecule has 5 nitrogen and oxygen atoms in total. The molecule has 0 aliphatic heterocycles. The van der Waals surface area contributed by atoms with E-state index in [1.807, 2.05) is 13.0 Å². The Morgan fingerprint density at radius 1 is 1.37 bits per heavy atom. The molecule has 0 saturated carbocycles. The molecular formula is C13H21NO4S. The minimum atomic E-state index is -3.02. The Labute approximate surface area is 114 Å². The molecule has 0 heterocycles. The van der Waals surface area contributed by atoms with E-state index < -0.39 is 9.84 Å². The molecule has 6 heteroatoms. The molecule has 1 unspecified atom stereocenters. The van der Waals surface area contributed by atoms with E-state index in [2.05, 4.69) is 0 Å². The van der Waals surface area contributed by atoms with E-state index in [1.54, 1.807) is 19.2 Å². The van der Waals surface area contributed by atoms with Crippen LogP contribution in [0, 0.1) is 0 Å². The Morgan fingerprint density at radius 3 is 2.58 bits per heavy atom. The summed E-state index contributed by atoms with van der Waals surface area (Å²) < 4.78 is 32.8. The van der Waals surface area contributed by atoms with Gasteiger partial charge in [0.15, 0.2) is 9.84 Å². The molecule has 0 fully saturated rings. The van der Waals surface area contributed by atoms with Crippen LogP contribution in [0.15, 0.2) is 18.2 Å². The molecule has 1 atom stereocenters. The number of rotatable bonds is 7. The van der Waals surface area contributed by atoms with Crippen molar-refractivity contribution in [2.75, 3.05) is 25.7 Å². The van der Waals surface area contributed by atoms with Crippen LogP contribution in [0.3, 0.4) is 0 Å². The zero-order chi connectivity index (χ0) is 14.5. The maximum absolute atomic E-state index is 11.1. The van der Waals surface area contributed by atoms with Crippen molar-refractivity contribution in [3.63, 3.8) is 0 Å². The first-order valence-corrected chi connectivity index (χ1v) is 8.11. The van der Waals surface area contributed by atoms with Gasteiger partial charge in [0, 0.05) is 12.3 Å². The minimum Gasteiger partial charge on any atom is -0.497 e. The third kappa shape index (κ3) is 5.94. The molecule has 1 rings (SSSR count). The minimum absolute atomic E-state index is 0.00333. The van der Waals surface area contributed by atoms with E-state index in [9.17, 15) is 8.42 Å². The highest BCUT2D eigenvalue weighted by molar-refractivity contribution is 7.90. The average molecular weight is 287 g/mol. The average Bonchev–Trinajstić information content (AvgIpc) is 2.28. The Balaban J connectivity index is 2.80. The number of hydrogen-bond acceptors (Lipinski definition) is 5. The Bertz CT molecular complexity index is 511. The fraction of sp³-hybridized carbons (Fsp3) is 0.538. The third-order valence-electron chi connectivity index (χ3n) is 2.52. The fourth-order valence-corrected chi connectivity index (χ4v) is 2.02. The summed E-state index contributed by atoms with van der Waals surface area (Å²) in [6.07, 6.45) is 1.83. The van der Waals surface area contributed by atoms with Crippen molar-refractivity contribution < 1.29 is 17.9 Å². The molecule has 0 aliphatic carbocycles. The maximum Gasteiger partial charge on any atom is 0.150 e. The number of ether oxygens (including phenoxy) is 2. The predicted molar refractivity (Wildman–Crippen MR) is 75.6 cm³/mol. The number of benzene rings is 1. The Morgan fingerprint density at radius 2 is 2.05 bits per heavy atom. The van der Waals surface area contributed by atoms with Crippen molar-refractivity contribution in [3.05, 3.63) is 23.8 Å². The Kier molecular flexibility index (Phi) is 5.62. The van der Waals surface area contributed by atoms with Gasteiger partial charge in [-0.15, -0.1) is 0 Å². The van der Waals surface area contributed by atoms with Gasteiger partial charge in [0.1, 0.15) is 18.1 Å². The first-order chi connectivity index (χ1) is 8.81. The third-order valence-corrected chi connectivity index (χ3v) is 3.43. The van der Waals surface area contributed by atoms with E-state index in [0.29, 0.717) is 12.2 Å². The molecular weight excluding hydrogens is 266 g/mol. The van der Waals surface area contributed by atoms with Gasteiger partial charge in [-0.2, -0.15) is 0 Å². The lowest BCUT2D eigenvalue weighted by atomic mass is 10.1. The zero-order valence-electron chi connectivity index (χ0n) is 11.5. The lowest BCUT2D eigenvalue weighted by Crippen LogP contribution is -2.19. The lowest BCUT2D eigenvalue weighted by molar-refractivity contribution is 0.335. The van der Waals surface area contributed by atoms with Gasteiger partial charge in [-0.05, 0) is 37.1 Å². The van der Waals surface area contributed by atoms with Crippen LogP contribution in [0.2, 0.25) is 0 Å². The standard InChI is InChI=1S/C13H21NO4S/c1-10(14)8-11-9-12(17-2)4-5-13(11)18-6-7-19(3,15)16/h4-5,9-10H,6-8,14H2,1-3H3. The van der Waals surface area contributed by atoms with E-state index >= 15 is 0 Å². The first kappa shape index (κ1) is 15.8. The molecule has 1 aromatic carbocycles. The molecule has 0 aromatic heterocycles. The molecule has 1 aromatic rings. The Hall–Kier alpha value is -1.27. The van der Waals surface area contributed by atoms with Gasteiger partial charge < -0.3 is 15.2 Å². The highest BCUT2D eigenvalue weighted by Crippen LogP contribution is 2.25. The van der Waals surface area contributed by atoms with Crippen molar-refractivity contribution in [1.29, 1.82) is 0 Å². The van der Waals surface area contributed by atoms with Crippen LogP contribution in [0.25, 0.3) is 0 Å². The van der Waals surface area contributed by atoms with Gasteiger partial charge in [0.25, 0.3) is 0 Å². The molecule has 0 amide bonds. The van der Waals surface area contributed by atoms with Crippen LogP contribution >= 0.6 is 0 Å². The first-order valence-electron chi connectivity index (χ1n) is 6.05. The molecule has 0 radical (unpaired) electrons. The van der Waals surface area contributed by atoms with Gasteiger partial charge in [-0.25, -0.2) is 8.42 Å².